The van der Waals surface area contributed by atoms with E-state index in [4.69, 9.17) is 28.4 Å². The highest BCUT2D eigenvalue weighted by Crippen LogP contribution is 2.42. The molecule has 3 saturated heterocycles. The molecule has 15 atom stereocenters. The van der Waals surface area contributed by atoms with Crippen LogP contribution in [0.5, 0.6) is 0 Å². The summed E-state index contributed by atoms with van der Waals surface area (Å²) < 4.78 is 86.5. The fraction of sp³-hybridized carbons (Fsp3) is 0.920. The third-order valence-electron chi connectivity index (χ3n) is 7.82. The van der Waals surface area contributed by atoms with Crippen LogP contribution < -0.4 is 10.6 Å². The van der Waals surface area contributed by atoms with E-state index in [9.17, 15) is 72.9 Å². The van der Waals surface area contributed by atoms with Crippen LogP contribution in [0.25, 0.3) is 0 Å². The first-order chi connectivity index (χ1) is 23.2. The molecule has 25 heteroatoms. The molecular formula is C25H42F3N2O19P. The third-order valence-corrected chi connectivity index (χ3v) is 8.33. The molecule has 0 radical (unpaired) electrons. The number of nitrogens with one attached hydrogen (secondary N) is 2. The number of phosphoric ester groups is 1. The summed E-state index contributed by atoms with van der Waals surface area (Å²) in [5, 5.41) is 77.7. The highest BCUT2D eigenvalue weighted by atomic mass is 31.2. The molecule has 2 amide bonds. The lowest BCUT2D eigenvalue weighted by atomic mass is 9.95. The number of hydrogen-bond donors (Lipinski definition) is 11. The molecule has 0 unspecified atom stereocenters. The number of ether oxygens (including phenoxy) is 6. The molecule has 0 bridgehead atoms. The van der Waals surface area contributed by atoms with Gasteiger partial charge in [-0.05, 0) is 13.3 Å². The second-order valence-electron chi connectivity index (χ2n) is 11.6. The van der Waals surface area contributed by atoms with Crippen LogP contribution in [0, 0.1) is 0 Å². The monoisotopic (exact) mass is 762 g/mol. The van der Waals surface area contributed by atoms with Crippen molar-refractivity contribution in [1.29, 1.82) is 0 Å². The summed E-state index contributed by atoms with van der Waals surface area (Å²) in [5.41, 5.74) is 0. The van der Waals surface area contributed by atoms with Gasteiger partial charge in [0.1, 0.15) is 67.1 Å². The molecule has 3 aliphatic rings. The number of aliphatic hydroxyl groups is 7. The summed E-state index contributed by atoms with van der Waals surface area (Å²) >= 11 is 0. The molecule has 3 rings (SSSR count). The van der Waals surface area contributed by atoms with Crippen molar-refractivity contribution < 1.29 is 106 Å². The summed E-state index contributed by atoms with van der Waals surface area (Å²) in [6.07, 6.45) is -29.8. The van der Waals surface area contributed by atoms with Gasteiger partial charge in [-0.25, -0.2) is 4.57 Å². The molecule has 0 aromatic carbocycles. The average molecular weight is 763 g/mol. The van der Waals surface area contributed by atoms with Crippen LogP contribution in [0.4, 0.5) is 13.2 Å². The minimum absolute atomic E-state index is 0.172. The fourth-order valence-corrected chi connectivity index (χ4v) is 5.94. The molecule has 3 aliphatic heterocycles. The van der Waals surface area contributed by atoms with Gasteiger partial charge in [-0.2, -0.15) is 13.2 Å². The van der Waals surface area contributed by atoms with Crippen molar-refractivity contribution in [2.75, 3.05) is 26.4 Å². The zero-order chi connectivity index (χ0) is 37.7. The molecule has 0 aromatic heterocycles. The quantitative estimate of drug-likeness (QED) is 0.0582. The minimum Gasteiger partial charge on any atom is -0.394 e. The van der Waals surface area contributed by atoms with Gasteiger partial charge < -0.3 is 84.6 Å². The molecule has 21 nitrogen and oxygen atoms in total. The first-order valence-corrected chi connectivity index (χ1v) is 16.6. The maximum absolute atomic E-state index is 12.4. The Kier molecular flexibility index (Phi) is 15.3. The zero-order valence-electron chi connectivity index (χ0n) is 26.4. The van der Waals surface area contributed by atoms with Gasteiger partial charge in [-0.15, -0.1) is 0 Å². The van der Waals surface area contributed by atoms with E-state index in [0.29, 0.717) is 0 Å². The number of amides is 2. The summed E-state index contributed by atoms with van der Waals surface area (Å²) in [4.78, 5) is 41.4. The van der Waals surface area contributed by atoms with Crippen molar-refractivity contribution in [1.82, 2.24) is 10.6 Å². The predicted molar refractivity (Wildman–Crippen MR) is 150 cm³/mol. The molecule has 0 saturated carbocycles. The molecule has 0 aliphatic carbocycles. The highest BCUT2D eigenvalue weighted by molar-refractivity contribution is 7.46. The Morgan fingerprint density at radius 3 is 1.92 bits per heavy atom. The Morgan fingerprint density at radius 1 is 0.800 bits per heavy atom. The number of aliphatic hydroxyl groups excluding tert-OH is 7. The van der Waals surface area contributed by atoms with Crippen LogP contribution in [-0.4, -0.2) is 182 Å². The highest BCUT2D eigenvalue weighted by Gasteiger charge is 2.54. The van der Waals surface area contributed by atoms with Gasteiger partial charge in [0.05, 0.1) is 25.9 Å². The summed E-state index contributed by atoms with van der Waals surface area (Å²) in [6, 6.07) is -1.68. The van der Waals surface area contributed by atoms with E-state index in [-0.39, 0.29) is 13.0 Å². The van der Waals surface area contributed by atoms with Crippen LogP contribution in [0.15, 0.2) is 0 Å². The average Bonchev–Trinajstić information content (AvgIpc) is 3.02. The number of alkyl halides is 3. The van der Waals surface area contributed by atoms with E-state index in [1.165, 1.54) is 6.92 Å². The maximum Gasteiger partial charge on any atom is 0.471 e. The van der Waals surface area contributed by atoms with Crippen LogP contribution in [0.2, 0.25) is 0 Å². The molecule has 11 N–H and O–H groups in total. The molecule has 3 heterocycles. The lowest BCUT2D eigenvalue weighted by Crippen LogP contribution is -2.68. The Balaban J connectivity index is 1.74. The number of halogens is 3. The van der Waals surface area contributed by atoms with Gasteiger partial charge in [-0.1, -0.05) is 0 Å². The molecule has 0 aromatic rings. The third kappa shape index (κ3) is 10.9. The van der Waals surface area contributed by atoms with Crippen molar-refractivity contribution in [3.05, 3.63) is 0 Å². The molecule has 0 spiro atoms. The molecular weight excluding hydrogens is 720 g/mol. The van der Waals surface area contributed by atoms with Crippen molar-refractivity contribution >= 4 is 19.6 Å². The Labute approximate surface area is 281 Å². The smallest absolute Gasteiger partial charge is 0.394 e. The second kappa shape index (κ2) is 17.9. The van der Waals surface area contributed by atoms with Crippen molar-refractivity contribution in [3.63, 3.8) is 0 Å². The number of rotatable bonds is 14. The van der Waals surface area contributed by atoms with E-state index in [0.717, 1.165) is 6.92 Å². The Hall–Kier alpha value is -1.68. The lowest BCUT2D eigenvalue weighted by Gasteiger charge is -2.49. The Morgan fingerprint density at radius 2 is 1.36 bits per heavy atom. The van der Waals surface area contributed by atoms with Gasteiger partial charge in [0.25, 0.3) is 0 Å². The summed E-state index contributed by atoms with van der Waals surface area (Å²) in [5.74, 6) is -2.98. The van der Waals surface area contributed by atoms with Gasteiger partial charge in [-0.3, -0.25) is 14.1 Å². The van der Waals surface area contributed by atoms with E-state index >= 15 is 0 Å². The summed E-state index contributed by atoms with van der Waals surface area (Å²) in [7, 11) is -5.28. The van der Waals surface area contributed by atoms with Crippen LogP contribution in [-0.2, 0) is 47.1 Å². The maximum atomic E-state index is 12.4. The summed E-state index contributed by atoms with van der Waals surface area (Å²) in [6.45, 7) is -0.429. The normalized spacial score (nSPS) is 39.9. The zero-order valence-corrected chi connectivity index (χ0v) is 27.3. The topological polar surface area (TPSA) is 322 Å². The van der Waals surface area contributed by atoms with Crippen molar-refractivity contribution in [2.45, 2.75) is 119 Å². The first-order valence-electron chi connectivity index (χ1n) is 15.1. The standard InChI is InChI=1S/C25H42F3N2O19P/c1-8-13(34)15(36)20(23(44-8)43-5-3-4-29-24(39)25(26,27)28)48-22-17(38)16(37)18(10(6-31)46-22)47-21-12(30-9(2)33)14(35)19(11(7-32)45-21)49-50(40,41)42/h8,10-23,31-32,34-38H,3-7H2,1-2H3,(H,29,39)(H,30,33)(H2,40,41,42)/t8-,10+,11+,12-,13-,14+,15+,16+,17+,18+,19+,20+,21-,22+,23-/m0/s1. The first kappa shape index (κ1) is 42.7. The number of carbonyl (C=O) groups is 2. The van der Waals surface area contributed by atoms with Gasteiger partial charge in [0.2, 0.25) is 5.91 Å². The number of hydrogen-bond acceptors (Lipinski definition) is 17. The number of phosphoric acid groups is 1. The van der Waals surface area contributed by atoms with Crippen molar-refractivity contribution in [2.24, 2.45) is 0 Å². The fourth-order valence-electron chi connectivity index (χ4n) is 5.36. The van der Waals surface area contributed by atoms with Crippen LogP contribution in [0.3, 0.4) is 0 Å². The number of carbonyl (C=O) groups excluding carboxylic acids is 2. The molecule has 50 heavy (non-hydrogen) atoms. The van der Waals surface area contributed by atoms with Crippen LogP contribution >= 0.6 is 7.82 Å². The molecule has 3 fully saturated rings. The minimum atomic E-state index is -5.28. The van der Waals surface area contributed by atoms with Crippen molar-refractivity contribution in [3.8, 4) is 0 Å². The second-order valence-corrected chi connectivity index (χ2v) is 12.8. The van der Waals surface area contributed by atoms with E-state index < -0.39 is 138 Å². The van der Waals surface area contributed by atoms with Crippen LogP contribution in [0.1, 0.15) is 20.3 Å². The van der Waals surface area contributed by atoms with Gasteiger partial charge >= 0.3 is 19.9 Å². The van der Waals surface area contributed by atoms with Gasteiger partial charge in [0.15, 0.2) is 18.9 Å². The van der Waals surface area contributed by atoms with E-state index in [2.05, 4.69) is 9.84 Å². The largest absolute Gasteiger partial charge is 0.471 e. The molecule has 292 valence electrons. The lowest BCUT2D eigenvalue weighted by molar-refractivity contribution is -0.378. The predicted octanol–water partition coefficient (Wildman–Crippen LogP) is -5.19. The van der Waals surface area contributed by atoms with Gasteiger partial charge in [0, 0.05) is 13.5 Å². The van der Waals surface area contributed by atoms with E-state index in [1.54, 1.807) is 5.32 Å². The van der Waals surface area contributed by atoms with E-state index in [1.807, 2.05) is 0 Å². The SMILES string of the molecule is CC(=O)N[C@@H]1[C@H](O[C@H]2[C@H](O)[C@@H](O)[C@@H](O[C@H]3[C@@H](OCCCNC(=O)C(F)(F)F)O[C@@H](C)[C@H](O)[C@H]3O)O[C@@H]2CO)O[C@H](CO)[C@@H](OP(=O)(O)O)[C@@H]1O. The Bertz CT molecular complexity index is 1170.